The molecule has 53 valence electrons. The Kier molecular flexibility index (Phi) is 2.49. The Morgan fingerprint density at radius 3 is 3.00 bits per heavy atom. The summed E-state index contributed by atoms with van der Waals surface area (Å²) in [6.45, 7) is 3.71. The SMILES string of the molecule is COCC1CCO[C]1C. The molecule has 2 heteroatoms. The van der Waals surface area contributed by atoms with Gasteiger partial charge in [-0.05, 0) is 13.3 Å². The van der Waals surface area contributed by atoms with Crippen molar-refractivity contribution in [2.75, 3.05) is 20.3 Å². The first-order chi connectivity index (χ1) is 4.34. The molecule has 1 unspecified atom stereocenters. The largest absolute Gasteiger partial charge is 0.384 e. The summed E-state index contributed by atoms with van der Waals surface area (Å²) in [5.41, 5.74) is 0. The molecule has 0 bridgehead atoms. The lowest BCUT2D eigenvalue weighted by Gasteiger charge is -2.09. The van der Waals surface area contributed by atoms with E-state index in [-0.39, 0.29) is 0 Å². The molecule has 0 amide bonds. The van der Waals surface area contributed by atoms with E-state index in [4.69, 9.17) is 9.47 Å². The highest BCUT2D eigenvalue weighted by Crippen LogP contribution is 2.26. The van der Waals surface area contributed by atoms with Crippen LogP contribution in [0, 0.1) is 12.0 Å². The molecule has 0 aromatic rings. The Morgan fingerprint density at radius 1 is 1.78 bits per heavy atom. The minimum absolute atomic E-state index is 0.551. The van der Waals surface area contributed by atoms with Crippen LogP contribution in [0.2, 0.25) is 0 Å². The lowest BCUT2D eigenvalue weighted by molar-refractivity contribution is 0.135. The van der Waals surface area contributed by atoms with Crippen LogP contribution in [0.3, 0.4) is 0 Å². The molecule has 0 aliphatic carbocycles. The van der Waals surface area contributed by atoms with Crippen LogP contribution in [0.15, 0.2) is 0 Å². The number of hydrogen-bond donors (Lipinski definition) is 0. The van der Waals surface area contributed by atoms with Crippen molar-refractivity contribution < 1.29 is 9.47 Å². The Bertz CT molecular complexity index is 83.0. The van der Waals surface area contributed by atoms with Gasteiger partial charge in [0.25, 0.3) is 0 Å². The normalized spacial score (nSPS) is 29.3. The smallest absolute Gasteiger partial charge is 0.0994 e. The summed E-state index contributed by atoms with van der Waals surface area (Å²) in [7, 11) is 1.73. The van der Waals surface area contributed by atoms with Crippen LogP contribution >= 0.6 is 0 Å². The molecule has 2 nitrogen and oxygen atoms in total. The van der Waals surface area contributed by atoms with Gasteiger partial charge >= 0.3 is 0 Å². The van der Waals surface area contributed by atoms with Gasteiger partial charge in [0, 0.05) is 19.6 Å². The second kappa shape index (κ2) is 3.18. The topological polar surface area (TPSA) is 18.5 Å². The zero-order chi connectivity index (χ0) is 6.69. The molecule has 0 aromatic heterocycles. The van der Waals surface area contributed by atoms with E-state index in [0.29, 0.717) is 5.92 Å². The Labute approximate surface area is 56.2 Å². The van der Waals surface area contributed by atoms with Crippen LogP contribution in [-0.2, 0) is 9.47 Å². The van der Waals surface area contributed by atoms with Crippen molar-refractivity contribution in [3.8, 4) is 0 Å². The molecule has 1 aliphatic heterocycles. The number of rotatable bonds is 2. The maximum atomic E-state index is 5.25. The quantitative estimate of drug-likeness (QED) is 0.558. The molecule has 1 atom stereocenters. The second-order valence-electron chi connectivity index (χ2n) is 2.40. The van der Waals surface area contributed by atoms with Crippen molar-refractivity contribution in [2.45, 2.75) is 13.3 Å². The second-order valence-corrected chi connectivity index (χ2v) is 2.40. The molecule has 1 rings (SSSR count). The Balaban J connectivity index is 2.22. The molecule has 1 radical (unpaired) electrons. The van der Waals surface area contributed by atoms with E-state index in [1.54, 1.807) is 7.11 Å². The van der Waals surface area contributed by atoms with Crippen LogP contribution in [0.5, 0.6) is 0 Å². The van der Waals surface area contributed by atoms with Gasteiger partial charge in [0.2, 0.25) is 0 Å². The van der Waals surface area contributed by atoms with Crippen molar-refractivity contribution in [2.24, 2.45) is 5.92 Å². The highest BCUT2D eigenvalue weighted by molar-refractivity contribution is 4.86. The Hall–Kier alpha value is -0.0800. The van der Waals surface area contributed by atoms with Crippen LogP contribution in [-0.4, -0.2) is 20.3 Å². The fourth-order valence-corrected chi connectivity index (χ4v) is 1.09. The molecule has 0 spiro atoms. The van der Waals surface area contributed by atoms with Crippen LogP contribution < -0.4 is 0 Å². The third-order valence-corrected chi connectivity index (χ3v) is 1.74. The van der Waals surface area contributed by atoms with Gasteiger partial charge in [0.05, 0.1) is 12.7 Å². The molecule has 0 saturated carbocycles. The molecule has 9 heavy (non-hydrogen) atoms. The molecule has 0 N–H and O–H groups in total. The molecule has 0 aromatic carbocycles. The lowest BCUT2D eigenvalue weighted by atomic mass is 10.0. The van der Waals surface area contributed by atoms with Crippen LogP contribution in [0.1, 0.15) is 13.3 Å². The van der Waals surface area contributed by atoms with E-state index in [1.165, 1.54) is 0 Å². The van der Waals surface area contributed by atoms with E-state index in [1.807, 2.05) is 6.92 Å². The third-order valence-electron chi connectivity index (χ3n) is 1.74. The van der Waals surface area contributed by atoms with E-state index < -0.39 is 0 Å². The standard InChI is InChI=1S/C7H13O2/c1-6-7(5-8-2)3-4-9-6/h7H,3-5H2,1-2H3. The summed E-state index contributed by atoms with van der Waals surface area (Å²) < 4.78 is 10.2. The van der Waals surface area contributed by atoms with Crippen molar-refractivity contribution >= 4 is 0 Å². The summed E-state index contributed by atoms with van der Waals surface area (Å²) in [5, 5.41) is 0. The van der Waals surface area contributed by atoms with Crippen molar-refractivity contribution in [1.82, 2.24) is 0 Å². The fraction of sp³-hybridized carbons (Fsp3) is 0.857. The van der Waals surface area contributed by atoms with Gasteiger partial charge in [-0.1, -0.05) is 0 Å². The van der Waals surface area contributed by atoms with Gasteiger partial charge in [-0.25, -0.2) is 0 Å². The summed E-state index contributed by atoms with van der Waals surface area (Å²) in [5.74, 6) is 0.551. The molecule has 1 saturated heterocycles. The summed E-state index contributed by atoms with van der Waals surface area (Å²) >= 11 is 0. The van der Waals surface area contributed by atoms with Crippen molar-refractivity contribution in [3.05, 3.63) is 6.10 Å². The van der Waals surface area contributed by atoms with Gasteiger partial charge in [0.15, 0.2) is 0 Å². The first-order valence-corrected chi connectivity index (χ1v) is 3.29. The van der Waals surface area contributed by atoms with Crippen LogP contribution in [0.25, 0.3) is 0 Å². The molecule has 1 fully saturated rings. The predicted molar refractivity (Wildman–Crippen MR) is 34.9 cm³/mol. The van der Waals surface area contributed by atoms with E-state index in [9.17, 15) is 0 Å². The summed E-state index contributed by atoms with van der Waals surface area (Å²) in [6, 6.07) is 0. The van der Waals surface area contributed by atoms with Gasteiger partial charge in [-0.3, -0.25) is 0 Å². The minimum atomic E-state index is 0.551. The maximum absolute atomic E-state index is 5.25. The average Bonchev–Trinajstić information content (AvgIpc) is 2.18. The van der Waals surface area contributed by atoms with E-state index in [0.717, 1.165) is 25.7 Å². The highest BCUT2D eigenvalue weighted by atomic mass is 16.5. The Morgan fingerprint density at radius 2 is 2.56 bits per heavy atom. The van der Waals surface area contributed by atoms with E-state index >= 15 is 0 Å². The first-order valence-electron chi connectivity index (χ1n) is 3.29. The fourth-order valence-electron chi connectivity index (χ4n) is 1.09. The number of methoxy groups -OCH3 is 1. The summed E-state index contributed by atoms with van der Waals surface area (Å²) in [4.78, 5) is 0. The molecule has 1 heterocycles. The number of hydrogen-bond acceptors (Lipinski definition) is 2. The van der Waals surface area contributed by atoms with Crippen LogP contribution in [0.4, 0.5) is 0 Å². The van der Waals surface area contributed by atoms with Crippen molar-refractivity contribution in [1.29, 1.82) is 0 Å². The highest BCUT2D eigenvalue weighted by Gasteiger charge is 2.24. The van der Waals surface area contributed by atoms with Gasteiger partial charge in [-0.2, -0.15) is 0 Å². The first kappa shape index (κ1) is 7.03. The molecular formula is C7H13O2. The van der Waals surface area contributed by atoms with E-state index in [2.05, 4.69) is 0 Å². The summed E-state index contributed by atoms with van der Waals surface area (Å²) in [6.07, 6.45) is 2.26. The van der Waals surface area contributed by atoms with Gasteiger partial charge in [-0.15, -0.1) is 0 Å². The maximum Gasteiger partial charge on any atom is 0.0994 e. The lowest BCUT2D eigenvalue weighted by Crippen LogP contribution is -2.09. The minimum Gasteiger partial charge on any atom is -0.384 e. The molecular weight excluding hydrogens is 116 g/mol. The average molecular weight is 129 g/mol. The zero-order valence-corrected chi connectivity index (χ0v) is 6.02. The monoisotopic (exact) mass is 129 g/mol. The zero-order valence-electron chi connectivity index (χ0n) is 6.02. The predicted octanol–water partition coefficient (Wildman–Crippen LogP) is 1.22. The van der Waals surface area contributed by atoms with Gasteiger partial charge in [0.1, 0.15) is 0 Å². The molecule has 1 aliphatic rings. The number of ether oxygens (including phenoxy) is 2. The van der Waals surface area contributed by atoms with Crippen molar-refractivity contribution in [3.63, 3.8) is 0 Å². The third kappa shape index (κ3) is 1.66. The van der Waals surface area contributed by atoms with Gasteiger partial charge < -0.3 is 9.47 Å².